The van der Waals surface area contributed by atoms with Gasteiger partial charge in [0.25, 0.3) is 0 Å². The van der Waals surface area contributed by atoms with E-state index >= 15 is 0 Å². The zero-order chi connectivity index (χ0) is 35.3. The van der Waals surface area contributed by atoms with Gasteiger partial charge in [-0.15, -0.1) is 0 Å². The highest BCUT2D eigenvalue weighted by Gasteiger charge is 2.74. The molecule has 0 spiro atoms. The molecule has 6 aliphatic rings. The topological polar surface area (TPSA) is 25.8 Å². The minimum atomic E-state index is 0.124. The normalized spacial score (nSPS) is 41.1. The van der Waals surface area contributed by atoms with E-state index in [1.54, 1.807) is 11.1 Å². The van der Waals surface area contributed by atoms with Crippen molar-refractivity contribution in [2.24, 2.45) is 69.5 Å². The Labute approximate surface area is 296 Å². The molecule has 7 rings (SSSR count). The summed E-state index contributed by atoms with van der Waals surface area (Å²) in [7, 11) is 0. The number of rotatable bonds is 6. The molecule has 11 atom stereocenters. The molecule has 0 amide bonds. The van der Waals surface area contributed by atoms with Crippen molar-refractivity contribution in [2.45, 2.75) is 147 Å². The summed E-state index contributed by atoms with van der Waals surface area (Å²) in [6.45, 7) is 37.4. The molecular formula is C46H72N2. The first kappa shape index (κ1) is 37.3. The Morgan fingerprint density at radius 1 is 0.917 bits per heavy atom. The van der Waals surface area contributed by atoms with Crippen LogP contribution < -0.4 is 0 Å². The van der Waals surface area contributed by atoms with Gasteiger partial charge in [-0.3, -0.25) is 9.97 Å². The number of fused-ring (bicyclic) bond motifs is 4. The largest absolute Gasteiger partial charge is 0.257 e. The molecule has 2 nitrogen and oxygen atoms in total. The van der Waals surface area contributed by atoms with E-state index in [4.69, 9.17) is 16.5 Å². The van der Waals surface area contributed by atoms with Crippen LogP contribution in [0.4, 0.5) is 0 Å². The van der Waals surface area contributed by atoms with Crippen LogP contribution in [0.25, 0.3) is 5.57 Å². The van der Waals surface area contributed by atoms with Crippen LogP contribution in [-0.2, 0) is 6.42 Å². The summed E-state index contributed by atoms with van der Waals surface area (Å²) in [4.78, 5) is 9.91. The Balaban J connectivity index is 0.00000109. The van der Waals surface area contributed by atoms with Gasteiger partial charge in [-0.1, -0.05) is 107 Å². The molecule has 48 heavy (non-hydrogen) atoms. The van der Waals surface area contributed by atoms with E-state index in [1.165, 1.54) is 68.1 Å². The molecule has 0 aromatic carbocycles. The second-order valence-electron chi connectivity index (χ2n) is 17.7. The average molecular weight is 653 g/mol. The predicted molar refractivity (Wildman–Crippen MR) is 207 cm³/mol. The number of hydrogen-bond donors (Lipinski definition) is 0. The van der Waals surface area contributed by atoms with Gasteiger partial charge in [0.1, 0.15) is 0 Å². The van der Waals surface area contributed by atoms with Gasteiger partial charge >= 0.3 is 0 Å². The van der Waals surface area contributed by atoms with Gasteiger partial charge in [0, 0.05) is 17.2 Å². The van der Waals surface area contributed by atoms with E-state index in [9.17, 15) is 0 Å². The third-order valence-corrected chi connectivity index (χ3v) is 15.6. The first-order chi connectivity index (χ1) is 22.8. The zero-order valence-corrected chi connectivity index (χ0v) is 33.3. The molecule has 4 fully saturated rings. The van der Waals surface area contributed by atoms with Crippen molar-refractivity contribution in [3.05, 3.63) is 65.3 Å². The molecule has 11 unspecified atom stereocenters. The van der Waals surface area contributed by atoms with Crippen molar-refractivity contribution in [3.8, 4) is 0 Å². The average Bonchev–Trinajstić information content (AvgIpc) is 3.40. The fourth-order valence-corrected chi connectivity index (χ4v) is 13.4. The maximum atomic E-state index is 5.03. The quantitative estimate of drug-likeness (QED) is 0.306. The lowest BCUT2D eigenvalue weighted by Gasteiger charge is -2.76. The van der Waals surface area contributed by atoms with Crippen LogP contribution in [0, 0.1) is 69.5 Å². The fraction of sp³-hybridized carbons (Fsp3) is 0.739. The van der Waals surface area contributed by atoms with Gasteiger partial charge in [-0.25, -0.2) is 0 Å². The molecule has 4 saturated carbocycles. The van der Waals surface area contributed by atoms with Crippen LogP contribution in [0.5, 0.6) is 0 Å². The Hall–Kier alpha value is -1.96. The Kier molecular flexibility index (Phi) is 10.9. The SMILES string of the molecule is C=C1CC(CC2CCC3C4CC5C(C)C6C=C(c7cnc(CC(C)C)cn7)C(=C)C(C)(C4CCC23C)C65C)CC(C)=C1CC.CC.CC. The molecular weight excluding hydrogens is 581 g/mol. The minimum absolute atomic E-state index is 0.124. The standard InChI is InChI=1S/C42H60N2.2C2H6/c1-11-32-25(4)17-29(18-26(32)5)19-30-12-13-35-34-21-38-27(6)37-20-33(39-23-43-31(22-44-39)16-24(2)3)28(7)41(9,42(37,38)10)36(34)14-15-40(30,35)8;2*1-2/h20,22-24,27,29-30,34-38H,4,7,11-19,21H2,1-3,5-6,8-10H3;2*1-2H3. The van der Waals surface area contributed by atoms with Crippen molar-refractivity contribution >= 4 is 5.57 Å². The summed E-state index contributed by atoms with van der Waals surface area (Å²) >= 11 is 0. The summed E-state index contributed by atoms with van der Waals surface area (Å²) < 4.78 is 0. The van der Waals surface area contributed by atoms with Crippen molar-refractivity contribution < 1.29 is 0 Å². The van der Waals surface area contributed by atoms with Gasteiger partial charge in [0.2, 0.25) is 0 Å². The second kappa shape index (κ2) is 14.0. The van der Waals surface area contributed by atoms with Crippen LogP contribution in [0.3, 0.4) is 0 Å². The maximum absolute atomic E-state index is 5.03. The van der Waals surface area contributed by atoms with Crippen LogP contribution in [0.2, 0.25) is 0 Å². The summed E-state index contributed by atoms with van der Waals surface area (Å²) in [5, 5.41) is 0. The van der Waals surface area contributed by atoms with Gasteiger partial charge in [-0.2, -0.15) is 0 Å². The highest BCUT2D eigenvalue weighted by atomic mass is 14.8. The van der Waals surface area contributed by atoms with Gasteiger partial charge < -0.3 is 0 Å². The highest BCUT2D eigenvalue weighted by molar-refractivity contribution is 5.80. The van der Waals surface area contributed by atoms with E-state index in [-0.39, 0.29) is 5.41 Å². The van der Waals surface area contributed by atoms with E-state index in [1.807, 2.05) is 33.9 Å². The smallest absolute Gasteiger partial charge is 0.0885 e. The van der Waals surface area contributed by atoms with E-state index in [2.05, 4.69) is 74.2 Å². The molecule has 1 heterocycles. The molecule has 1 aromatic heterocycles. The van der Waals surface area contributed by atoms with E-state index in [0.717, 1.165) is 65.7 Å². The van der Waals surface area contributed by atoms with E-state index < -0.39 is 0 Å². The molecule has 0 N–H and O–H groups in total. The lowest BCUT2D eigenvalue weighted by molar-refractivity contribution is -0.241. The fourth-order valence-electron chi connectivity index (χ4n) is 13.4. The van der Waals surface area contributed by atoms with E-state index in [0.29, 0.717) is 22.7 Å². The van der Waals surface area contributed by atoms with Crippen LogP contribution >= 0.6 is 0 Å². The maximum Gasteiger partial charge on any atom is 0.0885 e. The Morgan fingerprint density at radius 2 is 1.62 bits per heavy atom. The summed E-state index contributed by atoms with van der Waals surface area (Å²) in [5.74, 6) is 6.84. The molecule has 1 aromatic rings. The zero-order valence-electron chi connectivity index (χ0n) is 33.3. The van der Waals surface area contributed by atoms with Crippen LogP contribution in [-0.4, -0.2) is 9.97 Å². The molecule has 0 radical (unpaired) electrons. The van der Waals surface area contributed by atoms with Gasteiger partial charge in [0.05, 0.1) is 17.6 Å². The monoisotopic (exact) mass is 653 g/mol. The first-order valence-corrected chi connectivity index (χ1v) is 20.4. The summed E-state index contributed by atoms with van der Waals surface area (Å²) in [6, 6.07) is 0. The van der Waals surface area contributed by atoms with Crippen molar-refractivity contribution in [2.75, 3.05) is 0 Å². The second-order valence-corrected chi connectivity index (χ2v) is 17.7. The van der Waals surface area contributed by atoms with Gasteiger partial charge in [-0.05, 0) is 146 Å². The van der Waals surface area contributed by atoms with Crippen LogP contribution in [0.15, 0.2) is 53.9 Å². The van der Waals surface area contributed by atoms with Gasteiger partial charge in [0.15, 0.2) is 0 Å². The number of allylic oxidation sites excluding steroid dienone is 6. The third kappa shape index (κ3) is 5.48. The first-order valence-electron chi connectivity index (χ1n) is 20.4. The van der Waals surface area contributed by atoms with Crippen molar-refractivity contribution in [1.82, 2.24) is 9.97 Å². The summed E-state index contributed by atoms with van der Waals surface area (Å²) in [6.07, 6.45) is 19.9. The number of nitrogens with zero attached hydrogens (tertiary/aromatic N) is 2. The molecule has 266 valence electrons. The molecule has 2 heteroatoms. The molecule has 0 saturated heterocycles. The summed E-state index contributed by atoms with van der Waals surface area (Å²) in [5.41, 5.74) is 10.4. The molecule has 6 aliphatic carbocycles. The lowest BCUT2D eigenvalue weighted by atomic mass is 9.28. The number of hydrogen-bond acceptors (Lipinski definition) is 2. The molecule has 0 aliphatic heterocycles. The minimum Gasteiger partial charge on any atom is -0.257 e. The lowest BCUT2D eigenvalue weighted by Crippen LogP contribution is -2.70. The predicted octanol–water partition coefficient (Wildman–Crippen LogP) is 13.1. The van der Waals surface area contributed by atoms with Crippen molar-refractivity contribution in [3.63, 3.8) is 0 Å². The Morgan fingerprint density at radius 3 is 2.23 bits per heavy atom. The Bertz CT molecular complexity index is 1410. The number of aromatic nitrogens is 2. The highest BCUT2D eigenvalue weighted by Crippen LogP contribution is 2.80. The molecule has 0 bridgehead atoms. The van der Waals surface area contributed by atoms with Crippen molar-refractivity contribution in [1.29, 1.82) is 0 Å². The third-order valence-electron chi connectivity index (χ3n) is 15.6. The van der Waals surface area contributed by atoms with Crippen LogP contribution in [0.1, 0.15) is 152 Å².